The average molecular weight is 309 g/mol. The molecule has 21 heavy (non-hydrogen) atoms. The van der Waals surface area contributed by atoms with E-state index in [2.05, 4.69) is 17.0 Å². The zero-order valence-corrected chi connectivity index (χ0v) is 14.2. The molecule has 2 rings (SSSR count). The third kappa shape index (κ3) is 4.07. The summed E-state index contributed by atoms with van der Waals surface area (Å²) in [4.78, 5) is 13.4. The van der Waals surface area contributed by atoms with Gasteiger partial charge >= 0.3 is 0 Å². The fourth-order valence-electron chi connectivity index (χ4n) is 3.24. The largest absolute Gasteiger partial charge is 0.497 e. The number of ether oxygens (including phenoxy) is 1. The van der Waals surface area contributed by atoms with Gasteiger partial charge in [-0.25, -0.2) is 0 Å². The van der Waals surface area contributed by atoms with E-state index in [1.165, 1.54) is 5.56 Å². The lowest BCUT2D eigenvalue weighted by Crippen LogP contribution is -2.49. The molecule has 1 aromatic carbocycles. The third-order valence-corrected chi connectivity index (χ3v) is 8.66. The molecule has 1 fully saturated rings. The van der Waals surface area contributed by atoms with Gasteiger partial charge in [-0.05, 0) is 56.7 Å². The molecule has 0 radical (unpaired) electrons. The highest BCUT2D eigenvalue weighted by atomic mass is 28.4. The number of methoxy groups -OCH3 is 1. The minimum Gasteiger partial charge on any atom is -0.497 e. The van der Waals surface area contributed by atoms with Gasteiger partial charge < -0.3 is 19.5 Å². The molecule has 1 heterocycles. The number of aliphatic hydroxyl groups excluding tert-OH is 1. The SMILES string of the molecule is COc1ccc([C@@H](CN(C)C)[Si]2(O)CCC(O)CC2)cc1. The Bertz CT molecular complexity index is 441. The first kappa shape index (κ1) is 16.5. The van der Waals surface area contributed by atoms with Crippen molar-refractivity contribution in [1.29, 1.82) is 0 Å². The summed E-state index contributed by atoms with van der Waals surface area (Å²) in [6.07, 6.45) is 1.25. The molecule has 0 bridgehead atoms. The van der Waals surface area contributed by atoms with Gasteiger partial charge in [0, 0.05) is 12.1 Å². The summed E-state index contributed by atoms with van der Waals surface area (Å²) in [5, 5.41) is 9.73. The number of hydrogen-bond donors (Lipinski definition) is 2. The Hall–Kier alpha value is -0.883. The van der Waals surface area contributed by atoms with E-state index < -0.39 is 8.32 Å². The summed E-state index contributed by atoms with van der Waals surface area (Å²) >= 11 is 0. The van der Waals surface area contributed by atoms with E-state index in [-0.39, 0.29) is 11.6 Å². The summed E-state index contributed by atoms with van der Waals surface area (Å²) in [7, 11) is 3.38. The maximum absolute atomic E-state index is 11.2. The van der Waals surface area contributed by atoms with Crippen LogP contribution in [0.4, 0.5) is 0 Å². The molecule has 0 spiro atoms. The monoisotopic (exact) mass is 309 g/mol. The molecule has 0 saturated carbocycles. The van der Waals surface area contributed by atoms with Gasteiger partial charge in [0.15, 0.2) is 8.32 Å². The fourth-order valence-corrected chi connectivity index (χ4v) is 7.37. The van der Waals surface area contributed by atoms with Gasteiger partial charge in [0.2, 0.25) is 0 Å². The maximum atomic E-state index is 11.2. The van der Waals surface area contributed by atoms with E-state index in [0.29, 0.717) is 0 Å². The van der Waals surface area contributed by atoms with Crippen LogP contribution in [0, 0.1) is 0 Å². The molecule has 118 valence electrons. The van der Waals surface area contributed by atoms with Gasteiger partial charge in [-0.2, -0.15) is 0 Å². The second-order valence-electron chi connectivity index (χ2n) is 6.42. The maximum Gasteiger partial charge on any atom is 0.197 e. The number of rotatable bonds is 5. The van der Waals surface area contributed by atoms with Crippen LogP contribution in [-0.2, 0) is 0 Å². The van der Waals surface area contributed by atoms with Gasteiger partial charge in [0.1, 0.15) is 5.75 Å². The van der Waals surface area contributed by atoms with Crippen molar-refractivity contribution in [3.8, 4) is 5.75 Å². The van der Waals surface area contributed by atoms with Crippen LogP contribution in [0.15, 0.2) is 24.3 Å². The molecule has 0 amide bonds. The lowest BCUT2D eigenvalue weighted by Gasteiger charge is -2.39. The molecule has 1 saturated heterocycles. The molecule has 4 nitrogen and oxygen atoms in total. The first-order valence-electron chi connectivity index (χ1n) is 7.64. The minimum absolute atomic E-state index is 0.186. The molecular weight excluding hydrogens is 282 g/mol. The van der Waals surface area contributed by atoms with Crippen molar-refractivity contribution < 1.29 is 14.6 Å². The van der Waals surface area contributed by atoms with Crippen LogP contribution in [-0.4, -0.2) is 57.0 Å². The summed E-state index contributed by atoms with van der Waals surface area (Å²) in [6, 6.07) is 9.66. The van der Waals surface area contributed by atoms with Gasteiger partial charge in [0.25, 0.3) is 0 Å². The Kier molecular flexibility index (Phi) is 5.43. The highest BCUT2D eigenvalue weighted by Crippen LogP contribution is 2.38. The van der Waals surface area contributed by atoms with Crippen LogP contribution in [0.2, 0.25) is 12.1 Å². The second kappa shape index (κ2) is 6.92. The lowest BCUT2D eigenvalue weighted by molar-refractivity contribution is 0.153. The van der Waals surface area contributed by atoms with Crippen LogP contribution in [0.25, 0.3) is 0 Å². The van der Waals surface area contributed by atoms with E-state index in [1.807, 2.05) is 26.2 Å². The van der Waals surface area contributed by atoms with Gasteiger partial charge in [-0.15, -0.1) is 0 Å². The molecule has 0 unspecified atom stereocenters. The first-order chi connectivity index (χ1) is 9.94. The average Bonchev–Trinajstić information content (AvgIpc) is 2.48. The lowest BCUT2D eigenvalue weighted by atomic mass is 10.1. The first-order valence-corrected chi connectivity index (χ1v) is 10.1. The van der Waals surface area contributed by atoms with Crippen molar-refractivity contribution in [1.82, 2.24) is 4.90 Å². The topological polar surface area (TPSA) is 52.9 Å². The Labute approximate surface area is 128 Å². The van der Waals surface area contributed by atoms with Gasteiger partial charge in [-0.3, -0.25) is 0 Å². The summed E-state index contributed by atoms with van der Waals surface area (Å²) in [5.74, 6) is 0.843. The van der Waals surface area contributed by atoms with Crippen LogP contribution >= 0.6 is 0 Å². The molecule has 5 heteroatoms. The highest BCUT2D eigenvalue weighted by molar-refractivity contribution is 6.74. The van der Waals surface area contributed by atoms with Crippen LogP contribution in [0.3, 0.4) is 0 Å². The smallest absolute Gasteiger partial charge is 0.197 e. The summed E-state index contributed by atoms with van der Waals surface area (Å²) in [6.45, 7) is 0.852. The fraction of sp³-hybridized carbons (Fsp3) is 0.625. The molecule has 1 atom stereocenters. The van der Waals surface area contributed by atoms with E-state index in [1.54, 1.807) is 7.11 Å². The van der Waals surface area contributed by atoms with Crippen LogP contribution in [0.1, 0.15) is 23.9 Å². The Morgan fingerprint density at radius 2 is 1.81 bits per heavy atom. The van der Waals surface area contributed by atoms with E-state index >= 15 is 0 Å². The summed E-state index contributed by atoms with van der Waals surface area (Å²) in [5.41, 5.74) is 1.38. The summed E-state index contributed by atoms with van der Waals surface area (Å²) < 4.78 is 5.22. The van der Waals surface area contributed by atoms with Gasteiger partial charge in [-0.1, -0.05) is 12.1 Å². The molecule has 0 aromatic heterocycles. The van der Waals surface area contributed by atoms with Crippen molar-refractivity contribution in [2.24, 2.45) is 0 Å². The van der Waals surface area contributed by atoms with Crippen molar-refractivity contribution in [2.45, 2.75) is 36.6 Å². The quantitative estimate of drug-likeness (QED) is 0.817. The second-order valence-corrected chi connectivity index (χ2v) is 10.3. The minimum atomic E-state index is -2.38. The number of benzene rings is 1. The Morgan fingerprint density at radius 3 is 2.29 bits per heavy atom. The van der Waals surface area contributed by atoms with Crippen LogP contribution in [0.5, 0.6) is 5.75 Å². The molecule has 1 aliphatic heterocycles. The zero-order valence-electron chi connectivity index (χ0n) is 13.2. The number of aliphatic hydroxyl groups is 1. The molecule has 2 N–H and O–H groups in total. The van der Waals surface area contributed by atoms with Crippen molar-refractivity contribution in [3.05, 3.63) is 29.8 Å². The number of likely N-dealkylation sites (N-methyl/N-ethyl adjacent to an activating group) is 1. The molecule has 1 aromatic rings. The van der Waals surface area contributed by atoms with E-state index in [0.717, 1.165) is 37.2 Å². The number of hydrogen-bond acceptors (Lipinski definition) is 4. The normalized spacial score (nSPS) is 27.6. The number of nitrogens with zero attached hydrogens (tertiary/aromatic N) is 1. The van der Waals surface area contributed by atoms with E-state index in [4.69, 9.17) is 4.74 Å². The van der Waals surface area contributed by atoms with E-state index in [9.17, 15) is 9.90 Å². The van der Waals surface area contributed by atoms with Crippen molar-refractivity contribution >= 4 is 8.32 Å². The van der Waals surface area contributed by atoms with Crippen LogP contribution < -0.4 is 4.74 Å². The zero-order chi connectivity index (χ0) is 15.5. The molecular formula is C16H27NO3Si. The Morgan fingerprint density at radius 1 is 1.24 bits per heavy atom. The molecule has 0 aliphatic carbocycles. The van der Waals surface area contributed by atoms with Crippen molar-refractivity contribution in [2.75, 3.05) is 27.7 Å². The predicted molar refractivity (Wildman–Crippen MR) is 87.1 cm³/mol. The van der Waals surface area contributed by atoms with Crippen molar-refractivity contribution in [3.63, 3.8) is 0 Å². The third-order valence-electron chi connectivity index (χ3n) is 4.54. The van der Waals surface area contributed by atoms with Gasteiger partial charge in [0.05, 0.1) is 13.2 Å². The molecule has 1 aliphatic rings. The predicted octanol–water partition coefficient (Wildman–Crippen LogP) is 1.97. The highest BCUT2D eigenvalue weighted by Gasteiger charge is 2.43. The standard InChI is InChI=1S/C16H27NO3Si/c1-17(2)12-16(13-4-6-15(20-3)7-5-13)21(19)10-8-14(18)9-11-21/h4-7,14,16,18-19H,8-12H2,1-3H3/t14?,16-,21?/m1/s1. The Balaban J connectivity index is 2.24.